The Bertz CT molecular complexity index is 686. The minimum Gasteiger partial charge on any atom is -0.465 e. The Hall–Kier alpha value is -1.93. The summed E-state index contributed by atoms with van der Waals surface area (Å²) < 4.78 is 29.2. The molecule has 1 heterocycles. The molecule has 1 atom stereocenters. The normalized spacial score (nSPS) is 18.9. The molecule has 0 bridgehead atoms. The van der Waals surface area contributed by atoms with E-state index in [0.717, 1.165) is 6.26 Å². The van der Waals surface area contributed by atoms with Crippen LogP contribution in [-0.4, -0.2) is 50.6 Å². The fourth-order valence-corrected chi connectivity index (χ4v) is 3.62. The molecule has 1 aromatic rings. The fourth-order valence-electron chi connectivity index (χ4n) is 2.50. The summed E-state index contributed by atoms with van der Waals surface area (Å²) in [5.41, 5.74) is 0.530. The minimum atomic E-state index is -3.44. The number of nitrogens with zero attached hydrogens (tertiary/aromatic N) is 1. The number of para-hydroxylation sites is 1. The summed E-state index contributed by atoms with van der Waals surface area (Å²) in [7, 11) is -2.19. The van der Waals surface area contributed by atoms with E-state index in [1.54, 1.807) is 18.2 Å². The van der Waals surface area contributed by atoms with Gasteiger partial charge in [-0.1, -0.05) is 12.1 Å². The highest BCUT2D eigenvalue weighted by molar-refractivity contribution is 7.88. The van der Waals surface area contributed by atoms with Crippen LogP contribution in [0.5, 0.6) is 0 Å². The van der Waals surface area contributed by atoms with Crippen molar-refractivity contribution in [1.29, 1.82) is 0 Å². The van der Waals surface area contributed by atoms with Gasteiger partial charge in [-0.2, -0.15) is 4.31 Å². The average molecular weight is 326 g/mol. The summed E-state index contributed by atoms with van der Waals surface area (Å²) in [6.45, 7) is 0.329. The summed E-state index contributed by atoms with van der Waals surface area (Å²) in [6.07, 6.45) is 2.17. The average Bonchev–Trinajstić information content (AvgIpc) is 2.96. The molecule has 0 unspecified atom stereocenters. The summed E-state index contributed by atoms with van der Waals surface area (Å²) in [5, 5.41) is 2.62. The number of sulfonamides is 1. The highest BCUT2D eigenvalue weighted by atomic mass is 32.2. The van der Waals surface area contributed by atoms with E-state index < -0.39 is 27.9 Å². The van der Waals surface area contributed by atoms with Crippen LogP contribution in [0.25, 0.3) is 0 Å². The third-order valence-electron chi connectivity index (χ3n) is 3.52. The van der Waals surface area contributed by atoms with Crippen molar-refractivity contribution >= 4 is 27.6 Å². The van der Waals surface area contributed by atoms with Crippen LogP contribution < -0.4 is 5.32 Å². The van der Waals surface area contributed by atoms with Gasteiger partial charge < -0.3 is 10.1 Å². The van der Waals surface area contributed by atoms with E-state index in [-0.39, 0.29) is 5.56 Å². The Labute approximate surface area is 129 Å². The van der Waals surface area contributed by atoms with Crippen molar-refractivity contribution < 1.29 is 22.7 Å². The molecule has 2 rings (SSSR count). The highest BCUT2D eigenvalue weighted by Gasteiger charge is 2.36. The van der Waals surface area contributed by atoms with E-state index in [1.807, 2.05) is 0 Å². The van der Waals surface area contributed by atoms with Gasteiger partial charge in [-0.15, -0.1) is 0 Å². The maximum atomic E-state index is 12.4. The smallest absolute Gasteiger partial charge is 0.339 e. The first kappa shape index (κ1) is 16.4. The van der Waals surface area contributed by atoms with Crippen LogP contribution in [0.2, 0.25) is 0 Å². The quantitative estimate of drug-likeness (QED) is 0.828. The molecule has 1 aromatic carbocycles. The molecule has 1 amide bonds. The molecule has 1 saturated heterocycles. The second-order valence-corrected chi connectivity index (χ2v) is 6.99. The van der Waals surface area contributed by atoms with Crippen molar-refractivity contribution in [3.63, 3.8) is 0 Å². The van der Waals surface area contributed by atoms with E-state index in [0.29, 0.717) is 25.1 Å². The van der Waals surface area contributed by atoms with Crippen molar-refractivity contribution in [3.05, 3.63) is 29.8 Å². The van der Waals surface area contributed by atoms with Gasteiger partial charge in [0.25, 0.3) is 0 Å². The maximum Gasteiger partial charge on any atom is 0.339 e. The van der Waals surface area contributed by atoms with Gasteiger partial charge in [0.05, 0.1) is 24.6 Å². The van der Waals surface area contributed by atoms with Gasteiger partial charge in [-0.3, -0.25) is 4.79 Å². The number of ether oxygens (including phenoxy) is 1. The molecule has 1 aliphatic rings. The summed E-state index contributed by atoms with van der Waals surface area (Å²) in [5.74, 6) is -1.01. The van der Waals surface area contributed by atoms with E-state index in [2.05, 4.69) is 10.1 Å². The number of methoxy groups -OCH3 is 1. The predicted octanol–water partition coefficient (Wildman–Crippen LogP) is 0.836. The number of hydrogen-bond acceptors (Lipinski definition) is 5. The molecule has 120 valence electrons. The molecule has 1 aliphatic heterocycles. The number of esters is 1. The lowest BCUT2D eigenvalue weighted by molar-refractivity contribution is -0.119. The third-order valence-corrected chi connectivity index (χ3v) is 4.81. The van der Waals surface area contributed by atoms with E-state index in [4.69, 9.17) is 0 Å². The predicted molar refractivity (Wildman–Crippen MR) is 81.0 cm³/mol. The number of hydrogen-bond donors (Lipinski definition) is 1. The lowest BCUT2D eigenvalue weighted by Gasteiger charge is -2.21. The monoisotopic (exact) mass is 326 g/mol. The molecule has 1 N–H and O–H groups in total. The molecule has 0 saturated carbocycles. The van der Waals surface area contributed by atoms with Crippen LogP contribution in [0.3, 0.4) is 0 Å². The molecule has 22 heavy (non-hydrogen) atoms. The number of rotatable bonds is 4. The van der Waals surface area contributed by atoms with Crippen molar-refractivity contribution in [2.75, 3.05) is 25.2 Å². The lowest BCUT2D eigenvalue weighted by Crippen LogP contribution is -2.42. The van der Waals surface area contributed by atoms with Gasteiger partial charge in [-0.25, -0.2) is 13.2 Å². The lowest BCUT2D eigenvalue weighted by atomic mass is 10.1. The van der Waals surface area contributed by atoms with Gasteiger partial charge in [0, 0.05) is 6.54 Å². The van der Waals surface area contributed by atoms with Gasteiger partial charge >= 0.3 is 5.97 Å². The molecule has 0 spiro atoms. The first-order chi connectivity index (χ1) is 10.3. The molecular formula is C14H18N2O5S. The largest absolute Gasteiger partial charge is 0.465 e. The number of carbonyl (C=O) groups excluding carboxylic acids is 2. The molecule has 0 radical (unpaired) electrons. The van der Waals surface area contributed by atoms with Gasteiger partial charge in [0.1, 0.15) is 6.04 Å². The Morgan fingerprint density at radius 1 is 1.32 bits per heavy atom. The van der Waals surface area contributed by atoms with Crippen molar-refractivity contribution in [2.45, 2.75) is 18.9 Å². The Kier molecular flexibility index (Phi) is 4.82. The second-order valence-electron chi connectivity index (χ2n) is 5.06. The van der Waals surface area contributed by atoms with Gasteiger partial charge in [0.15, 0.2) is 0 Å². The SMILES string of the molecule is COC(=O)c1ccccc1NC(=O)[C@@H]1CCCN1S(C)(=O)=O. The molecule has 7 nitrogen and oxygen atoms in total. The van der Waals surface area contributed by atoms with Crippen molar-refractivity contribution in [1.82, 2.24) is 4.31 Å². The minimum absolute atomic E-state index is 0.224. The highest BCUT2D eigenvalue weighted by Crippen LogP contribution is 2.23. The van der Waals surface area contributed by atoms with Crippen molar-refractivity contribution in [3.8, 4) is 0 Å². The molecular weight excluding hydrogens is 308 g/mol. The zero-order valence-electron chi connectivity index (χ0n) is 12.4. The first-order valence-corrected chi connectivity index (χ1v) is 8.64. The van der Waals surface area contributed by atoms with Gasteiger partial charge in [-0.05, 0) is 25.0 Å². The Morgan fingerprint density at radius 3 is 2.64 bits per heavy atom. The topological polar surface area (TPSA) is 92.8 Å². The fraction of sp³-hybridized carbons (Fsp3) is 0.429. The molecule has 0 aromatic heterocycles. The van der Waals surface area contributed by atoms with Gasteiger partial charge in [0.2, 0.25) is 15.9 Å². The van der Waals surface area contributed by atoms with E-state index >= 15 is 0 Å². The maximum absolute atomic E-state index is 12.4. The number of benzene rings is 1. The zero-order valence-corrected chi connectivity index (χ0v) is 13.2. The van der Waals surface area contributed by atoms with Crippen LogP contribution in [0, 0.1) is 0 Å². The summed E-state index contributed by atoms with van der Waals surface area (Å²) in [4.78, 5) is 24.0. The van der Waals surface area contributed by atoms with E-state index in [9.17, 15) is 18.0 Å². The van der Waals surface area contributed by atoms with E-state index in [1.165, 1.54) is 17.5 Å². The second kappa shape index (κ2) is 6.45. The van der Waals surface area contributed by atoms with Crippen molar-refractivity contribution in [2.24, 2.45) is 0 Å². The third kappa shape index (κ3) is 3.45. The summed E-state index contributed by atoms with van der Waals surface area (Å²) >= 11 is 0. The zero-order chi connectivity index (χ0) is 16.3. The summed E-state index contributed by atoms with van der Waals surface area (Å²) in [6, 6.07) is 5.68. The van der Waals surface area contributed by atoms with Crippen LogP contribution in [-0.2, 0) is 19.6 Å². The first-order valence-electron chi connectivity index (χ1n) is 6.79. The molecule has 0 aliphatic carbocycles. The number of anilines is 1. The Morgan fingerprint density at radius 2 is 2.00 bits per heavy atom. The number of nitrogens with one attached hydrogen (secondary N) is 1. The van der Waals surface area contributed by atoms with Crippen LogP contribution in [0.15, 0.2) is 24.3 Å². The molecule has 1 fully saturated rings. The molecule has 8 heteroatoms. The van der Waals surface area contributed by atoms with Crippen LogP contribution >= 0.6 is 0 Å². The number of amides is 1. The van der Waals surface area contributed by atoms with Crippen LogP contribution in [0.1, 0.15) is 23.2 Å². The standard InChI is InChI=1S/C14H18N2O5S/c1-21-14(18)10-6-3-4-7-11(10)15-13(17)12-8-5-9-16(12)22(2,19)20/h3-4,6-7,12H,5,8-9H2,1-2H3,(H,15,17)/t12-/m0/s1. The number of carbonyl (C=O) groups is 2. The Balaban J connectivity index is 2.21. The van der Waals surface area contributed by atoms with Crippen LogP contribution in [0.4, 0.5) is 5.69 Å².